The molecule has 0 saturated carbocycles. The number of aryl methyl sites for hydroxylation is 1. The maximum absolute atomic E-state index is 9.30. The lowest BCUT2D eigenvalue weighted by atomic mass is 9.82. The topological polar surface area (TPSA) is 39.3 Å². The number of aromatic amines is 1. The first kappa shape index (κ1) is 19.0. The average molecular weight is 405 g/mol. The van der Waals surface area contributed by atoms with Crippen LogP contribution in [0.2, 0.25) is 0 Å². The molecule has 29 heavy (non-hydrogen) atoms. The maximum Gasteiger partial charge on any atom is 0.0682 e. The van der Waals surface area contributed by atoms with Crippen molar-refractivity contribution in [2.45, 2.75) is 31.6 Å². The van der Waals surface area contributed by atoms with Gasteiger partial charge in [0.15, 0.2) is 0 Å². The number of hydrogen-bond donors (Lipinski definition) is 2. The molecule has 2 aliphatic rings. The normalized spacial score (nSPS) is 16.9. The van der Waals surface area contributed by atoms with Crippen molar-refractivity contribution >= 4 is 28.2 Å². The zero-order valence-electron chi connectivity index (χ0n) is 16.8. The Morgan fingerprint density at radius 1 is 1.07 bits per heavy atom. The molecule has 0 spiro atoms. The molecule has 1 aromatic heterocycles. The lowest BCUT2D eigenvalue weighted by Gasteiger charge is -2.34. The van der Waals surface area contributed by atoms with E-state index in [-0.39, 0.29) is 6.61 Å². The van der Waals surface area contributed by atoms with Crippen molar-refractivity contribution in [1.82, 2.24) is 9.88 Å². The second-order valence-corrected chi connectivity index (χ2v) is 9.28. The Balaban J connectivity index is 1.15. The SMILES string of the molecule is OCc1ccc2c(CSCCN3CCC4=C(CCc5ccccc54)C3)c[nH]c2c1. The van der Waals surface area contributed by atoms with Gasteiger partial charge < -0.3 is 10.1 Å². The van der Waals surface area contributed by atoms with Crippen molar-refractivity contribution < 1.29 is 5.11 Å². The largest absolute Gasteiger partial charge is 0.392 e. The molecule has 3 aromatic rings. The molecule has 150 valence electrons. The van der Waals surface area contributed by atoms with Crippen molar-refractivity contribution in [3.63, 3.8) is 0 Å². The van der Waals surface area contributed by atoms with Crippen LogP contribution in [0.3, 0.4) is 0 Å². The zero-order valence-corrected chi connectivity index (χ0v) is 17.6. The summed E-state index contributed by atoms with van der Waals surface area (Å²) in [5, 5.41) is 10.6. The van der Waals surface area contributed by atoms with Crippen LogP contribution in [0.15, 0.2) is 54.2 Å². The van der Waals surface area contributed by atoms with Gasteiger partial charge in [-0.25, -0.2) is 0 Å². The second kappa shape index (κ2) is 8.39. The summed E-state index contributed by atoms with van der Waals surface area (Å²) in [6.45, 7) is 3.60. The van der Waals surface area contributed by atoms with Crippen molar-refractivity contribution in [2.75, 3.05) is 25.4 Å². The summed E-state index contributed by atoms with van der Waals surface area (Å²) in [6.07, 6.45) is 5.76. The molecule has 1 aliphatic carbocycles. The van der Waals surface area contributed by atoms with E-state index in [0.717, 1.165) is 23.4 Å². The Labute approximate surface area is 176 Å². The monoisotopic (exact) mass is 404 g/mol. The van der Waals surface area contributed by atoms with Crippen LogP contribution in [0.1, 0.15) is 35.1 Å². The Bertz CT molecular complexity index is 1050. The highest BCUT2D eigenvalue weighted by molar-refractivity contribution is 7.98. The third-order valence-electron chi connectivity index (χ3n) is 6.38. The standard InChI is InChI=1S/C25H28N2OS/c28-16-18-5-8-24-21(14-26-25(24)13-18)17-29-12-11-27-10-9-23-20(15-27)7-6-19-3-1-2-4-22(19)23/h1-5,8,13-14,26,28H,6-7,9-12,15-17H2. The van der Waals surface area contributed by atoms with E-state index in [1.807, 2.05) is 23.9 Å². The lowest BCUT2D eigenvalue weighted by molar-refractivity contribution is 0.282. The second-order valence-electron chi connectivity index (χ2n) is 8.17. The van der Waals surface area contributed by atoms with Crippen LogP contribution < -0.4 is 0 Å². The predicted molar refractivity (Wildman–Crippen MR) is 123 cm³/mol. The van der Waals surface area contributed by atoms with Crippen molar-refractivity contribution in [1.29, 1.82) is 0 Å². The fourth-order valence-corrected chi connectivity index (χ4v) is 5.77. The minimum atomic E-state index is 0.0958. The number of rotatable bonds is 6. The van der Waals surface area contributed by atoms with Gasteiger partial charge in [0.2, 0.25) is 0 Å². The van der Waals surface area contributed by atoms with Crippen molar-refractivity contribution in [2.24, 2.45) is 0 Å². The summed E-state index contributed by atoms with van der Waals surface area (Å²) in [6, 6.07) is 15.2. The van der Waals surface area contributed by atoms with E-state index in [1.165, 1.54) is 54.6 Å². The van der Waals surface area contributed by atoms with E-state index in [2.05, 4.69) is 46.4 Å². The summed E-state index contributed by atoms with van der Waals surface area (Å²) >= 11 is 2.02. The molecule has 4 heteroatoms. The number of nitrogens with zero attached hydrogens (tertiary/aromatic N) is 1. The summed E-state index contributed by atoms with van der Waals surface area (Å²) < 4.78 is 0. The fraction of sp³-hybridized carbons (Fsp3) is 0.360. The molecule has 1 aliphatic heterocycles. The van der Waals surface area contributed by atoms with Gasteiger partial charge in [0.1, 0.15) is 0 Å². The van der Waals surface area contributed by atoms with Gasteiger partial charge in [-0.3, -0.25) is 4.90 Å². The number of aromatic nitrogens is 1. The van der Waals surface area contributed by atoms with Gasteiger partial charge in [0.05, 0.1) is 6.61 Å². The summed E-state index contributed by atoms with van der Waals surface area (Å²) in [7, 11) is 0. The number of aliphatic hydroxyl groups excluding tert-OH is 1. The number of hydrogen-bond acceptors (Lipinski definition) is 3. The van der Waals surface area contributed by atoms with Crippen LogP contribution >= 0.6 is 11.8 Å². The molecule has 0 saturated heterocycles. The van der Waals surface area contributed by atoms with Crippen LogP contribution in [0.5, 0.6) is 0 Å². The molecule has 3 nitrogen and oxygen atoms in total. The van der Waals surface area contributed by atoms with Gasteiger partial charge in [0, 0.05) is 48.2 Å². The van der Waals surface area contributed by atoms with Crippen LogP contribution in [-0.4, -0.2) is 40.4 Å². The Morgan fingerprint density at radius 3 is 2.93 bits per heavy atom. The molecule has 0 unspecified atom stereocenters. The first-order chi connectivity index (χ1) is 14.3. The van der Waals surface area contributed by atoms with Gasteiger partial charge in [-0.05, 0) is 53.2 Å². The van der Waals surface area contributed by atoms with Crippen LogP contribution in [-0.2, 0) is 18.8 Å². The zero-order chi connectivity index (χ0) is 19.6. The number of thioether (sulfide) groups is 1. The van der Waals surface area contributed by atoms with Gasteiger partial charge >= 0.3 is 0 Å². The average Bonchev–Trinajstić information content (AvgIpc) is 3.18. The van der Waals surface area contributed by atoms with E-state index in [4.69, 9.17) is 0 Å². The number of fused-ring (bicyclic) bond motifs is 3. The molecule has 0 amide bonds. The minimum absolute atomic E-state index is 0.0958. The van der Waals surface area contributed by atoms with Crippen molar-refractivity contribution in [3.8, 4) is 0 Å². The summed E-state index contributed by atoms with van der Waals surface area (Å²) in [5.41, 5.74) is 9.82. The van der Waals surface area contributed by atoms with Gasteiger partial charge in [0.25, 0.3) is 0 Å². The smallest absolute Gasteiger partial charge is 0.0682 e. The summed E-state index contributed by atoms with van der Waals surface area (Å²) in [5.74, 6) is 2.20. The number of aliphatic hydroxyl groups is 1. The third-order valence-corrected chi connectivity index (χ3v) is 7.37. The molecule has 2 heterocycles. The minimum Gasteiger partial charge on any atom is -0.392 e. The van der Waals surface area contributed by atoms with E-state index < -0.39 is 0 Å². The van der Waals surface area contributed by atoms with Gasteiger partial charge in [-0.1, -0.05) is 42.0 Å². The highest BCUT2D eigenvalue weighted by atomic mass is 32.2. The highest BCUT2D eigenvalue weighted by Gasteiger charge is 2.24. The first-order valence-corrected chi connectivity index (χ1v) is 11.8. The molecule has 0 bridgehead atoms. The fourth-order valence-electron chi connectivity index (χ4n) is 4.78. The molecule has 5 rings (SSSR count). The highest BCUT2D eigenvalue weighted by Crippen LogP contribution is 2.36. The van der Waals surface area contributed by atoms with E-state index >= 15 is 0 Å². The third kappa shape index (κ3) is 3.89. The molecule has 2 N–H and O–H groups in total. The Kier molecular flexibility index (Phi) is 5.49. The molecule has 0 atom stereocenters. The Hall–Kier alpha value is -2.01. The van der Waals surface area contributed by atoms with E-state index in [1.54, 1.807) is 16.7 Å². The van der Waals surface area contributed by atoms with Crippen LogP contribution in [0.4, 0.5) is 0 Å². The molecule has 2 aromatic carbocycles. The van der Waals surface area contributed by atoms with Crippen LogP contribution in [0.25, 0.3) is 16.5 Å². The summed E-state index contributed by atoms with van der Waals surface area (Å²) in [4.78, 5) is 5.99. The molecular formula is C25H28N2OS. The molecular weight excluding hydrogens is 376 g/mol. The first-order valence-electron chi connectivity index (χ1n) is 10.6. The number of H-pyrrole nitrogens is 1. The van der Waals surface area contributed by atoms with Crippen LogP contribution in [0, 0.1) is 0 Å². The quantitative estimate of drug-likeness (QED) is 0.568. The molecule has 0 radical (unpaired) electrons. The Morgan fingerprint density at radius 2 is 2.00 bits per heavy atom. The number of nitrogens with one attached hydrogen (secondary N) is 1. The lowest BCUT2D eigenvalue weighted by Crippen LogP contribution is -2.34. The van der Waals surface area contributed by atoms with E-state index in [0.29, 0.717) is 0 Å². The van der Waals surface area contributed by atoms with Gasteiger partial charge in [-0.2, -0.15) is 11.8 Å². The van der Waals surface area contributed by atoms with Crippen molar-refractivity contribution in [3.05, 3.63) is 76.5 Å². The maximum atomic E-state index is 9.30. The number of benzene rings is 2. The van der Waals surface area contributed by atoms with E-state index in [9.17, 15) is 5.11 Å². The van der Waals surface area contributed by atoms with Gasteiger partial charge in [-0.15, -0.1) is 0 Å². The predicted octanol–water partition coefficient (Wildman–Crippen LogP) is 5.00. The molecule has 0 fully saturated rings.